The number of piperazine rings is 2. The summed E-state index contributed by atoms with van der Waals surface area (Å²) < 4.78 is 44.5. The van der Waals surface area contributed by atoms with Crippen molar-refractivity contribution in [1.29, 1.82) is 0 Å². The van der Waals surface area contributed by atoms with Crippen molar-refractivity contribution in [1.82, 2.24) is 64.1 Å². The van der Waals surface area contributed by atoms with Crippen molar-refractivity contribution in [3.05, 3.63) is 163 Å². The molecule has 0 atom stereocenters. The Bertz CT molecular complexity index is 2910. The molecule has 26 heteroatoms. The molecule has 5 N–H and O–H groups in total. The molecule has 10 rings (SSSR count). The Balaban J connectivity index is 0.000000155. The lowest BCUT2D eigenvalue weighted by molar-refractivity contribution is 0.0670. The number of benzene rings is 2. The molecule has 24 nitrogen and oxygen atoms in total. The fourth-order valence-corrected chi connectivity index (χ4v) is 6.44. The van der Waals surface area contributed by atoms with Crippen molar-refractivity contribution in [2.45, 2.75) is 20.8 Å². The van der Waals surface area contributed by atoms with Crippen LogP contribution < -0.4 is 21.7 Å². The monoisotopic (exact) mass is 992 g/mol. The highest BCUT2D eigenvalue weighted by Gasteiger charge is 2.26. The number of nitrogens with zero attached hydrogens (tertiary/aromatic N) is 12. The Labute approximate surface area is 409 Å². The van der Waals surface area contributed by atoms with Crippen molar-refractivity contribution >= 4 is 47.4 Å². The van der Waals surface area contributed by atoms with E-state index in [-0.39, 0.29) is 35.7 Å². The quantitative estimate of drug-likeness (QED) is 0.172. The average Bonchev–Trinajstić information content (AvgIpc) is 4.26. The van der Waals surface area contributed by atoms with E-state index in [2.05, 4.69) is 50.9 Å². The first-order valence-electron chi connectivity index (χ1n) is 21.9. The van der Waals surface area contributed by atoms with Crippen molar-refractivity contribution in [2.24, 2.45) is 0 Å². The summed E-state index contributed by atoms with van der Waals surface area (Å²) in [6.07, 6.45) is 13.6. The van der Waals surface area contributed by atoms with Gasteiger partial charge in [-0.25, -0.2) is 38.1 Å². The lowest BCUT2D eigenvalue weighted by Gasteiger charge is -2.34. The standard InChI is InChI=1S/C16H17FN4O3.C11H13FN2O.C8H8N4O2.C7H6N4O.C4H6N2O/c1-11-9-14(19-24-11)18-16(23)21-7-5-20(6-8-21)15(22)12-3-2-4-13(17)10-12;12-10-3-1-2-9(8-10)11(15)14-6-4-13-5-7-14;1-6-4-7(11-14-6)10-8(13)12-3-2-9-5-12;12-7(10-3-1-8-5-10)11-4-2-9-6-11;1-3-2-4(5)6-7-3/h2-4,9-10H,5-8H2,1H3,(H,18,19,23);1-3,8,13H,4-7H2;2-5H,1H3,(H,10,11,13);1-6H;2H,1H3,(H2,5,6). The lowest BCUT2D eigenvalue weighted by Crippen LogP contribution is -2.51. The molecule has 0 spiro atoms. The summed E-state index contributed by atoms with van der Waals surface area (Å²) in [5.74, 6) is 2.06. The van der Waals surface area contributed by atoms with E-state index in [1.807, 2.05) is 0 Å². The number of amides is 5. The summed E-state index contributed by atoms with van der Waals surface area (Å²) in [4.78, 5) is 75.4. The Morgan fingerprint density at radius 1 is 0.556 bits per heavy atom. The minimum absolute atomic E-state index is 0.0870. The van der Waals surface area contributed by atoms with Gasteiger partial charge in [0.15, 0.2) is 17.5 Å². The maximum absolute atomic E-state index is 13.2. The van der Waals surface area contributed by atoms with Crippen LogP contribution in [0.1, 0.15) is 38.0 Å². The van der Waals surface area contributed by atoms with Crippen LogP contribution in [0.3, 0.4) is 0 Å². The molecule has 0 bridgehead atoms. The second kappa shape index (κ2) is 25.9. The van der Waals surface area contributed by atoms with E-state index in [0.29, 0.717) is 79.4 Å². The number of nitrogens with one attached hydrogen (secondary N) is 3. The zero-order valence-corrected chi connectivity index (χ0v) is 39.2. The second-order valence-corrected chi connectivity index (χ2v) is 15.4. The fraction of sp³-hybridized carbons (Fsp3) is 0.239. The Morgan fingerprint density at radius 2 is 0.986 bits per heavy atom. The molecule has 5 amide bonds. The van der Waals surface area contributed by atoms with Crippen LogP contribution in [0.5, 0.6) is 0 Å². The first-order valence-corrected chi connectivity index (χ1v) is 21.9. The summed E-state index contributed by atoms with van der Waals surface area (Å²) in [5.41, 5.74) is 5.91. The molecule has 72 heavy (non-hydrogen) atoms. The second-order valence-electron chi connectivity index (χ2n) is 15.4. The normalized spacial score (nSPS) is 12.8. The molecular formula is C46H50F2N16O8. The molecular weight excluding hydrogens is 943 g/mol. The number of carbonyl (C=O) groups is 5. The van der Waals surface area contributed by atoms with Crippen LogP contribution in [0.4, 0.5) is 40.6 Å². The molecule has 2 aliphatic heterocycles. The fourth-order valence-electron chi connectivity index (χ4n) is 6.44. The van der Waals surface area contributed by atoms with E-state index < -0.39 is 5.82 Å². The predicted molar refractivity (Wildman–Crippen MR) is 253 cm³/mol. The zero-order valence-electron chi connectivity index (χ0n) is 39.2. The van der Waals surface area contributed by atoms with Crippen LogP contribution in [-0.2, 0) is 0 Å². The Morgan fingerprint density at radius 3 is 1.38 bits per heavy atom. The van der Waals surface area contributed by atoms with Gasteiger partial charge in [0.1, 0.15) is 47.9 Å². The summed E-state index contributed by atoms with van der Waals surface area (Å²) >= 11 is 0. The molecule has 0 radical (unpaired) electrons. The van der Waals surface area contributed by atoms with E-state index in [1.165, 1.54) is 69.2 Å². The SMILES string of the molecule is Cc1cc(N)no1.Cc1cc(NC(=O)N2CCN(C(=O)c3cccc(F)c3)CC2)no1.Cc1cc(NC(=O)n2ccnc2)no1.O=C(c1cccc(F)c1)N1CCNCC1.O=C(n1ccnc1)n1ccnc1. The molecule has 8 aromatic rings. The number of aromatic nitrogens is 9. The van der Waals surface area contributed by atoms with Crippen LogP contribution in [0.2, 0.25) is 0 Å². The highest BCUT2D eigenvalue weighted by atomic mass is 19.1. The number of carbonyl (C=O) groups excluding carboxylic acids is 5. The number of hydrogen-bond donors (Lipinski definition) is 4. The maximum Gasteiger partial charge on any atom is 0.338 e. The number of nitrogens with two attached hydrogens (primary N) is 1. The van der Waals surface area contributed by atoms with Gasteiger partial charge in [0.2, 0.25) is 0 Å². The van der Waals surface area contributed by atoms with Gasteiger partial charge in [-0.05, 0) is 57.2 Å². The molecule has 2 aromatic carbocycles. The number of urea groups is 1. The third-order valence-electron chi connectivity index (χ3n) is 9.96. The first-order chi connectivity index (χ1) is 34.7. The number of anilines is 3. The van der Waals surface area contributed by atoms with Crippen molar-refractivity contribution in [3.63, 3.8) is 0 Å². The molecule has 2 aliphatic rings. The minimum atomic E-state index is -0.443. The Kier molecular flexibility index (Phi) is 18.7. The highest BCUT2D eigenvalue weighted by Crippen LogP contribution is 2.14. The summed E-state index contributed by atoms with van der Waals surface area (Å²) in [6, 6.07) is 15.6. The number of halogens is 2. The molecule has 0 aliphatic carbocycles. The molecule has 6 aromatic heterocycles. The van der Waals surface area contributed by atoms with Crippen molar-refractivity contribution in [3.8, 4) is 0 Å². The largest absolute Gasteiger partial charge is 0.381 e. The van der Waals surface area contributed by atoms with Crippen LogP contribution in [0, 0.1) is 32.4 Å². The highest BCUT2D eigenvalue weighted by molar-refractivity contribution is 5.95. The van der Waals surface area contributed by atoms with Gasteiger partial charge in [0.05, 0.1) is 0 Å². The van der Waals surface area contributed by atoms with Gasteiger partial charge < -0.3 is 39.3 Å². The molecule has 8 heterocycles. The molecule has 376 valence electrons. The van der Waals surface area contributed by atoms with E-state index in [0.717, 1.165) is 18.8 Å². The molecule has 2 fully saturated rings. The number of aryl methyl sites for hydroxylation is 3. The smallest absolute Gasteiger partial charge is 0.338 e. The van der Waals surface area contributed by atoms with Gasteiger partial charge in [0.25, 0.3) is 11.8 Å². The van der Waals surface area contributed by atoms with Crippen LogP contribution >= 0.6 is 0 Å². The van der Waals surface area contributed by atoms with Gasteiger partial charge >= 0.3 is 18.1 Å². The van der Waals surface area contributed by atoms with Gasteiger partial charge in [-0.1, -0.05) is 27.6 Å². The molecule has 0 unspecified atom stereocenters. The first kappa shape index (κ1) is 52.0. The number of hydrogen-bond acceptors (Lipinski definition) is 16. The number of nitrogen functional groups attached to an aromatic ring is 1. The van der Waals surface area contributed by atoms with Gasteiger partial charge in [0, 0.05) is 119 Å². The molecule has 0 saturated carbocycles. The van der Waals surface area contributed by atoms with Gasteiger partial charge in [-0.3, -0.25) is 33.9 Å². The summed E-state index contributed by atoms with van der Waals surface area (Å²) in [7, 11) is 0. The van der Waals surface area contributed by atoms with E-state index >= 15 is 0 Å². The summed E-state index contributed by atoms with van der Waals surface area (Å²) in [6.45, 7) is 9.84. The molecule has 2 saturated heterocycles. The van der Waals surface area contributed by atoms with Gasteiger partial charge in [-0.15, -0.1) is 0 Å². The summed E-state index contributed by atoms with van der Waals surface area (Å²) in [5, 5.41) is 19.1. The average molecular weight is 993 g/mol. The van der Waals surface area contributed by atoms with Crippen LogP contribution in [0.25, 0.3) is 0 Å². The number of rotatable bonds is 4. The minimum Gasteiger partial charge on any atom is -0.381 e. The van der Waals surface area contributed by atoms with E-state index in [9.17, 15) is 32.8 Å². The maximum atomic E-state index is 13.2. The third kappa shape index (κ3) is 15.9. The van der Waals surface area contributed by atoms with Crippen molar-refractivity contribution in [2.75, 3.05) is 68.7 Å². The van der Waals surface area contributed by atoms with Gasteiger partial charge in [-0.2, -0.15) is 0 Å². The van der Waals surface area contributed by atoms with Crippen LogP contribution in [0.15, 0.2) is 136 Å². The van der Waals surface area contributed by atoms with E-state index in [1.54, 1.807) is 103 Å². The van der Waals surface area contributed by atoms with Crippen molar-refractivity contribution < 1.29 is 46.3 Å². The number of imidazole rings is 3. The predicted octanol–water partition coefficient (Wildman–Crippen LogP) is 5.40. The lowest BCUT2D eigenvalue weighted by atomic mass is 10.2. The van der Waals surface area contributed by atoms with Crippen LogP contribution in [-0.4, -0.2) is 141 Å². The zero-order chi connectivity index (χ0) is 51.4. The van der Waals surface area contributed by atoms with E-state index in [4.69, 9.17) is 14.8 Å². The third-order valence-corrected chi connectivity index (χ3v) is 9.96. The topological polar surface area (TPSA) is 289 Å². The Hall–Kier alpha value is -9.33.